The van der Waals surface area contributed by atoms with Crippen molar-refractivity contribution in [2.75, 3.05) is 13.1 Å². The molecule has 0 aliphatic heterocycles. The van der Waals surface area contributed by atoms with Crippen molar-refractivity contribution in [1.29, 1.82) is 0 Å². The number of amides is 1. The first kappa shape index (κ1) is 13.7. The molecular formula is C12H22N4O. The summed E-state index contributed by atoms with van der Waals surface area (Å²) in [6.07, 6.45) is 6.12. The van der Waals surface area contributed by atoms with Gasteiger partial charge in [-0.25, -0.2) is 0 Å². The molecule has 0 bridgehead atoms. The number of carbonyl (C=O) groups excluding carboxylic acids is 1. The van der Waals surface area contributed by atoms with E-state index in [-0.39, 0.29) is 5.91 Å². The lowest BCUT2D eigenvalue weighted by atomic mass is 10.1. The zero-order valence-corrected chi connectivity index (χ0v) is 10.5. The summed E-state index contributed by atoms with van der Waals surface area (Å²) in [4.78, 5) is 11.4. The van der Waals surface area contributed by atoms with Crippen molar-refractivity contribution in [2.45, 2.75) is 39.0 Å². The van der Waals surface area contributed by atoms with Gasteiger partial charge in [0, 0.05) is 18.7 Å². The highest BCUT2D eigenvalue weighted by atomic mass is 16.1. The topological polar surface area (TPSA) is 83.8 Å². The molecule has 1 amide bonds. The lowest BCUT2D eigenvalue weighted by molar-refractivity contribution is -0.121. The Labute approximate surface area is 102 Å². The van der Waals surface area contributed by atoms with Gasteiger partial charge in [-0.15, -0.1) is 0 Å². The molecule has 96 valence electrons. The number of aromatic nitrogens is 2. The van der Waals surface area contributed by atoms with E-state index in [9.17, 15) is 4.79 Å². The van der Waals surface area contributed by atoms with E-state index in [4.69, 9.17) is 5.73 Å². The maximum Gasteiger partial charge on any atom is 0.219 e. The number of nitrogens with zero attached hydrogens (tertiary/aromatic N) is 1. The molecule has 5 heteroatoms. The van der Waals surface area contributed by atoms with Crippen LogP contribution in [0.1, 0.15) is 36.9 Å². The maximum atomic E-state index is 11.4. The van der Waals surface area contributed by atoms with Gasteiger partial charge in [-0.3, -0.25) is 9.89 Å². The fraction of sp³-hybridized carbons (Fsp3) is 0.667. The maximum absolute atomic E-state index is 11.4. The Morgan fingerprint density at radius 2 is 2.29 bits per heavy atom. The normalized spacial score (nSPS) is 10.5. The molecule has 0 radical (unpaired) electrons. The summed E-state index contributed by atoms with van der Waals surface area (Å²) in [7, 11) is 0. The first-order valence-corrected chi connectivity index (χ1v) is 6.19. The van der Waals surface area contributed by atoms with Crippen molar-refractivity contribution in [3.63, 3.8) is 0 Å². The van der Waals surface area contributed by atoms with E-state index >= 15 is 0 Å². The minimum atomic E-state index is 0.127. The van der Waals surface area contributed by atoms with E-state index in [1.807, 2.05) is 13.1 Å². The zero-order chi connectivity index (χ0) is 12.5. The standard InChI is InChI=1S/C12H22N4O/c1-10-11(9-15-16-10)5-4-8-14-12(17)6-2-3-7-13/h9H,2-8,13H2,1H3,(H,14,17)(H,15,16). The van der Waals surface area contributed by atoms with Crippen LogP contribution < -0.4 is 11.1 Å². The van der Waals surface area contributed by atoms with E-state index in [1.165, 1.54) is 5.56 Å². The van der Waals surface area contributed by atoms with Gasteiger partial charge in [0.2, 0.25) is 5.91 Å². The Bertz CT molecular complexity index is 335. The summed E-state index contributed by atoms with van der Waals surface area (Å²) in [5.74, 6) is 0.127. The average molecular weight is 238 g/mol. The Hall–Kier alpha value is -1.36. The smallest absolute Gasteiger partial charge is 0.219 e. The van der Waals surface area contributed by atoms with Crippen LogP contribution in [0.2, 0.25) is 0 Å². The minimum absolute atomic E-state index is 0.127. The van der Waals surface area contributed by atoms with Crippen LogP contribution in [0.25, 0.3) is 0 Å². The number of aromatic amines is 1. The van der Waals surface area contributed by atoms with Gasteiger partial charge in [0.05, 0.1) is 6.20 Å². The lowest BCUT2D eigenvalue weighted by Crippen LogP contribution is -2.24. The molecular weight excluding hydrogens is 216 g/mol. The first-order valence-electron chi connectivity index (χ1n) is 6.19. The Kier molecular flexibility index (Phi) is 6.32. The number of carbonyl (C=O) groups is 1. The van der Waals surface area contributed by atoms with Crippen molar-refractivity contribution in [2.24, 2.45) is 5.73 Å². The molecule has 0 unspecified atom stereocenters. The molecule has 5 nitrogen and oxygen atoms in total. The molecule has 1 rings (SSSR count). The molecule has 1 aromatic heterocycles. The van der Waals surface area contributed by atoms with E-state index in [2.05, 4.69) is 15.5 Å². The first-order chi connectivity index (χ1) is 8.24. The van der Waals surface area contributed by atoms with Crippen molar-refractivity contribution in [1.82, 2.24) is 15.5 Å². The average Bonchev–Trinajstić information content (AvgIpc) is 2.71. The molecule has 1 aromatic rings. The molecule has 0 fully saturated rings. The zero-order valence-electron chi connectivity index (χ0n) is 10.5. The molecule has 0 saturated heterocycles. The quantitative estimate of drug-likeness (QED) is 0.588. The van der Waals surface area contributed by atoms with E-state index in [1.54, 1.807) is 0 Å². The SMILES string of the molecule is Cc1[nH]ncc1CCCNC(=O)CCCCN. The van der Waals surface area contributed by atoms with Crippen LogP contribution >= 0.6 is 0 Å². The number of aryl methyl sites for hydroxylation is 2. The molecule has 0 aliphatic rings. The van der Waals surface area contributed by atoms with Crippen LogP contribution in [0, 0.1) is 6.92 Å². The van der Waals surface area contributed by atoms with Crippen LogP contribution in [-0.4, -0.2) is 29.2 Å². The van der Waals surface area contributed by atoms with Gasteiger partial charge < -0.3 is 11.1 Å². The van der Waals surface area contributed by atoms with Gasteiger partial charge in [0.1, 0.15) is 0 Å². The molecule has 0 spiro atoms. The number of unbranched alkanes of at least 4 members (excludes halogenated alkanes) is 1. The van der Waals surface area contributed by atoms with Crippen LogP contribution in [0.4, 0.5) is 0 Å². The van der Waals surface area contributed by atoms with Gasteiger partial charge in [0.15, 0.2) is 0 Å². The van der Waals surface area contributed by atoms with Gasteiger partial charge in [0.25, 0.3) is 0 Å². The monoisotopic (exact) mass is 238 g/mol. The number of nitrogens with one attached hydrogen (secondary N) is 2. The fourth-order valence-electron chi connectivity index (χ4n) is 1.65. The van der Waals surface area contributed by atoms with Crippen LogP contribution in [0.15, 0.2) is 6.20 Å². The summed E-state index contributed by atoms with van der Waals surface area (Å²) < 4.78 is 0. The molecule has 17 heavy (non-hydrogen) atoms. The lowest BCUT2D eigenvalue weighted by Gasteiger charge is -2.04. The summed E-state index contributed by atoms with van der Waals surface area (Å²) in [5.41, 5.74) is 7.70. The van der Waals surface area contributed by atoms with E-state index in [0.29, 0.717) is 13.0 Å². The second-order valence-corrected chi connectivity index (χ2v) is 4.22. The predicted molar refractivity (Wildman–Crippen MR) is 67.6 cm³/mol. The van der Waals surface area contributed by atoms with Crippen molar-refractivity contribution >= 4 is 5.91 Å². The molecule has 0 aromatic carbocycles. The number of hydrogen-bond donors (Lipinski definition) is 3. The third-order valence-corrected chi connectivity index (χ3v) is 2.74. The number of rotatable bonds is 8. The van der Waals surface area contributed by atoms with Gasteiger partial charge in [-0.2, -0.15) is 5.10 Å². The second kappa shape index (κ2) is 7.84. The van der Waals surface area contributed by atoms with Crippen molar-refractivity contribution < 1.29 is 4.79 Å². The molecule has 0 saturated carbocycles. The van der Waals surface area contributed by atoms with Gasteiger partial charge >= 0.3 is 0 Å². The van der Waals surface area contributed by atoms with Crippen LogP contribution in [0.3, 0.4) is 0 Å². The van der Waals surface area contributed by atoms with Crippen molar-refractivity contribution in [3.05, 3.63) is 17.5 Å². The molecule has 1 heterocycles. The third kappa shape index (κ3) is 5.49. The van der Waals surface area contributed by atoms with Gasteiger partial charge in [-0.1, -0.05) is 0 Å². The Morgan fingerprint density at radius 3 is 2.94 bits per heavy atom. The van der Waals surface area contributed by atoms with Crippen LogP contribution in [0.5, 0.6) is 0 Å². The number of H-pyrrole nitrogens is 1. The van der Waals surface area contributed by atoms with Crippen molar-refractivity contribution in [3.8, 4) is 0 Å². The Balaban J connectivity index is 2.04. The van der Waals surface area contributed by atoms with Gasteiger partial charge in [-0.05, 0) is 44.7 Å². The second-order valence-electron chi connectivity index (χ2n) is 4.22. The number of nitrogens with two attached hydrogens (primary N) is 1. The van der Waals surface area contributed by atoms with Crippen LogP contribution in [-0.2, 0) is 11.2 Å². The summed E-state index contributed by atoms with van der Waals surface area (Å²) in [6, 6.07) is 0. The molecule has 4 N–H and O–H groups in total. The highest BCUT2D eigenvalue weighted by molar-refractivity contribution is 5.75. The third-order valence-electron chi connectivity index (χ3n) is 2.74. The molecule has 0 atom stereocenters. The van der Waals surface area contributed by atoms with E-state index < -0.39 is 0 Å². The predicted octanol–water partition coefficient (Wildman–Crippen LogP) is 0.896. The highest BCUT2D eigenvalue weighted by Crippen LogP contribution is 2.05. The largest absolute Gasteiger partial charge is 0.356 e. The Morgan fingerprint density at radius 1 is 1.47 bits per heavy atom. The fourth-order valence-corrected chi connectivity index (χ4v) is 1.65. The molecule has 0 aliphatic carbocycles. The number of hydrogen-bond acceptors (Lipinski definition) is 3. The minimum Gasteiger partial charge on any atom is -0.356 e. The summed E-state index contributed by atoms with van der Waals surface area (Å²) >= 11 is 0. The highest BCUT2D eigenvalue weighted by Gasteiger charge is 2.02. The van der Waals surface area contributed by atoms with E-state index in [0.717, 1.165) is 37.9 Å². The summed E-state index contributed by atoms with van der Waals surface area (Å²) in [6.45, 7) is 3.40. The summed E-state index contributed by atoms with van der Waals surface area (Å²) in [5, 5.41) is 9.78.